The maximum absolute atomic E-state index is 12.4. The predicted octanol–water partition coefficient (Wildman–Crippen LogP) is 0.247. The molecule has 9 nitrogen and oxygen atoms in total. The highest BCUT2D eigenvalue weighted by molar-refractivity contribution is 7.99. The number of aromatic amines is 1. The first-order chi connectivity index (χ1) is 11.9. The van der Waals surface area contributed by atoms with E-state index < -0.39 is 0 Å². The highest BCUT2D eigenvalue weighted by atomic mass is 32.2. The average Bonchev–Trinajstić information content (AvgIpc) is 2.86. The van der Waals surface area contributed by atoms with Crippen LogP contribution in [0.2, 0.25) is 0 Å². The topological polar surface area (TPSA) is 108 Å². The molecular formula is C15H20N6O3S. The Morgan fingerprint density at radius 2 is 2.08 bits per heavy atom. The smallest absolute Gasteiger partial charge is 0.277 e. The number of hydrogen-bond acceptors (Lipinski definition) is 8. The second-order valence-corrected chi connectivity index (χ2v) is 6.89. The first-order valence-electron chi connectivity index (χ1n) is 7.94. The number of H-pyrrole nitrogens is 1. The molecule has 25 heavy (non-hydrogen) atoms. The van der Waals surface area contributed by atoms with Crippen molar-refractivity contribution in [1.29, 1.82) is 0 Å². The van der Waals surface area contributed by atoms with Crippen LogP contribution in [0, 0.1) is 6.92 Å². The van der Waals surface area contributed by atoms with Crippen molar-refractivity contribution in [1.82, 2.24) is 25.1 Å². The van der Waals surface area contributed by atoms with Gasteiger partial charge in [-0.05, 0) is 6.42 Å². The maximum Gasteiger partial charge on any atom is 0.277 e. The number of anilines is 1. The molecule has 0 spiro atoms. The number of hydrogen-bond donors (Lipinski definition) is 1. The van der Waals surface area contributed by atoms with Gasteiger partial charge in [0.15, 0.2) is 0 Å². The summed E-state index contributed by atoms with van der Waals surface area (Å²) in [6, 6.07) is 0. The average molecular weight is 364 g/mol. The molecular weight excluding hydrogens is 344 g/mol. The molecule has 0 unspecified atom stereocenters. The van der Waals surface area contributed by atoms with Crippen molar-refractivity contribution in [2.75, 3.05) is 37.8 Å². The van der Waals surface area contributed by atoms with Gasteiger partial charge in [0.05, 0.1) is 11.4 Å². The van der Waals surface area contributed by atoms with E-state index in [1.807, 2.05) is 14.1 Å². The molecule has 1 aliphatic rings. The molecule has 134 valence electrons. The van der Waals surface area contributed by atoms with Gasteiger partial charge in [0.25, 0.3) is 10.8 Å². The Bertz CT molecular complexity index is 831. The molecule has 0 saturated carbocycles. The van der Waals surface area contributed by atoms with E-state index in [-0.39, 0.29) is 17.2 Å². The van der Waals surface area contributed by atoms with Crippen LogP contribution in [0.5, 0.6) is 0 Å². The second-order valence-electron chi connectivity index (χ2n) is 5.97. The number of nitrogens with zero attached hydrogens (tertiary/aromatic N) is 5. The Hall–Kier alpha value is -2.36. The van der Waals surface area contributed by atoms with Crippen LogP contribution in [-0.4, -0.2) is 63.9 Å². The molecule has 3 heterocycles. The second kappa shape index (κ2) is 7.26. The first-order valence-corrected chi connectivity index (χ1v) is 8.92. The lowest BCUT2D eigenvalue weighted by molar-refractivity contribution is -0.128. The lowest BCUT2D eigenvalue weighted by Crippen LogP contribution is -2.34. The van der Waals surface area contributed by atoms with Crippen molar-refractivity contribution >= 4 is 23.6 Å². The van der Waals surface area contributed by atoms with Gasteiger partial charge in [0.2, 0.25) is 17.7 Å². The standard InChI is InChI=1S/C15H20N6O3S/c1-9-18-19-15(24-9)25-8-12(22)21-6-4-10-11(5-7-21)16-14(20(2)3)17-13(10)23/h4-8H2,1-3H3,(H,16,17,23). The van der Waals surface area contributed by atoms with Crippen LogP contribution in [0.1, 0.15) is 17.1 Å². The minimum atomic E-state index is -0.126. The number of rotatable bonds is 4. The van der Waals surface area contributed by atoms with Crippen LogP contribution in [-0.2, 0) is 17.6 Å². The minimum Gasteiger partial charge on any atom is -0.416 e. The SMILES string of the molecule is Cc1nnc(SCC(=O)N2CCc3nc(N(C)C)[nH]c(=O)c3CC2)o1. The third-order valence-corrected chi connectivity index (χ3v) is 4.75. The molecule has 0 fully saturated rings. The monoisotopic (exact) mass is 364 g/mol. The summed E-state index contributed by atoms with van der Waals surface area (Å²) in [5, 5.41) is 7.99. The molecule has 0 aromatic carbocycles. The van der Waals surface area contributed by atoms with Crippen molar-refractivity contribution in [2.45, 2.75) is 25.0 Å². The van der Waals surface area contributed by atoms with E-state index in [1.165, 1.54) is 11.8 Å². The number of thioether (sulfide) groups is 1. The fraction of sp³-hybridized carbons (Fsp3) is 0.533. The zero-order chi connectivity index (χ0) is 18.0. The number of carbonyl (C=O) groups excluding carboxylic acids is 1. The van der Waals surface area contributed by atoms with Gasteiger partial charge in [-0.1, -0.05) is 11.8 Å². The number of amides is 1. The largest absolute Gasteiger partial charge is 0.416 e. The van der Waals surface area contributed by atoms with Crippen LogP contribution in [0.15, 0.2) is 14.4 Å². The van der Waals surface area contributed by atoms with Crippen molar-refractivity contribution in [3.05, 3.63) is 27.5 Å². The molecule has 0 aliphatic carbocycles. The molecule has 0 atom stereocenters. The summed E-state index contributed by atoms with van der Waals surface area (Å²) in [7, 11) is 3.65. The summed E-state index contributed by atoms with van der Waals surface area (Å²) in [6.45, 7) is 2.75. The zero-order valence-corrected chi connectivity index (χ0v) is 15.2. The van der Waals surface area contributed by atoms with Gasteiger partial charge in [-0.2, -0.15) is 0 Å². The number of aryl methyl sites for hydroxylation is 1. The molecule has 1 aliphatic heterocycles. The van der Waals surface area contributed by atoms with Gasteiger partial charge >= 0.3 is 0 Å². The van der Waals surface area contributed by atoms with E-state index in [0.29, 0.717) is 48.6 Å². The van der Waals surface area contributed by atoms with Crippen molar-refractivity contribution in [3.8, 4) is 0 Å². The summed E-state index contributed by atoms with van der Waals surface area (Å²) in [5.74, 6) is 1.22. The number of aromatic nitrogens is 4. The van der Waals surface area contributed by atoms with E-state index >= 15 is 0 Å². The molecule has 0 saturated heterocycles. The fourth-order valence-electron chi connectivity index (χ4n) is 2.61. The van der Waals surface area contributed by atoms with E-state index in [0.717, 1.165) is 5.69 Å². The fourth-order valence-corrected chi connectivity index (χ4v) is 3.32. The molecule has 0 bridgehead atoms. The van der Waals surface area contributed by atoms with Crippen LogP contribution >= 0.6 is 11.8 Å². The third kappa shape index (κ3) is 4.01. The molecule has 1 amide bonds. The number of fused-ring (bicyclic) bond motifs is 1. The Kier molecular flexibility index (Phi) is 5.07. The van der Waals surface area contributed by atoms with Crippen LogP contribution in [0.4, 0.5) is 5.95 Å². The maximum atomic E-state index is 12.4. The molecule has 1 N–H and O–H groups in total. The van der Waals surface area contributed by atoms with Crippen molar-refractivity contribution in [2.24, 2.45) is 0 Å². The normalized spacial score (nSPS) is 14.1. The van der Waals surface area contributed by atoms with Gasteiger partial charge in [0.1, 0.15) is 0 Å². The molecule has 3 rings (SSSR count). The van der Waals surface area contributed by atoms with Gasteiger partial charge in [-0.3, -0.25) is 14.6 Å². The van der Waals surface area contributed by atoms with E-state index in [4.69, 9.17) is 4.42 Å². The van der Waals surface area contributed by atoms with Gasteiger partial charge in [-0.15, -0.1) is 10.2 Å². The molecule has 0 radical (unpaired) electrons. The van der Waals surface area contributed by atoms with Crippen LogP contribution in [0.25, 0.3) is 0 Å². The summed E-state index contributed by atoms with van der Waals surface area (Å²) >= 11 is 1.22. The predicted molar refractivity (Wildman–Crippen MR) is 92.9 cm³/mol. The summed E-state index contributed by atoms with van der Waals surface area (Å²) in [6.07, 6.45) is 1.07. The van der Waals surface area contributed by atoms with Gasteiger partial charge in [0, 0.05) is 46.1 Å². The number of nitrogens with one attached hydrogen (secondary N) is 1. The van der Waals surface area contributed by atoms with Gasteiger partial charge in [-0.25, -0.2) is 4.98 Å². The first kappa shape index (κ1) is 17.5. The Labute approximate surface area is 148 Å². The molecule has 10 heteroatoms. The Morgan fingerprint density at radius 1 is 1.32 bits per heavy atom. The van der Waals surface area contributed by atoms with E-state index in [1.54, 1.807) is 16.7 Å². The van der Waals surface area contributed by atoms with Crippen molar-refractivity contribution in [3.63, 3.8) is 0 Å². The summed E-state index contributed by atoms with van der Waals surface area (Å²) < 4.78 is 5.26. The number of carbonyl (C=O) groups is 1. The third-order valence-electron chi connectivity index (χ3n) is 3.94. The van der Waals surface area contributed by atoms with Crippen LogP contribution in [0.3, 0.4) is 0 Å². The van der Waals surface area contributed by atoms with Crippen LogP contribution < -0.4 is 10.5 Å². The highest BCUT2D eigenvalue weighted by Crippen LogP contribution is 2.18. The molecule has 2 aromatic rings. The quantitative estimate of drug-likeness (QED) is 0.769. The lowest BCUT2D eigenvalue weighted by Gasteiger charge is -2.19. The highest BCUT2D eigenvalue weighted by Gasteiger charge is 2.22. The Balaban J connectivity index is 1.66. The zero-order valence-electron chi connectivity index (χ0n) is 14.4. The Morgan fingerprint density at radius 3 is 2.76 bits per heavy atom. The lowest BCUT2D eigenvalue weighted by atomic mass is 10.1. The summed E-state index contributed by atoms with van der Waals surface area (Å²) in [4.78, 5) is 35.5. The van der Waals surface area contributed by atoms with E-state index in [9.17, 15) is 9.59 Å². The van der Waals surface area contributed by atoms with Gasteiger partial charge < -0.3 is 14.2 Å². The van der Waals surface area contributed by atoms with Crippen molar-refractivity contribution < 1.29 is 9.21 Å². The summed E-state index contributed by atoms with van der Waals surface area (Å²) in [5.41, 5.74) is 1.31. The minimum absolute atomic E-state index is 0.0158. The van der Waals surface area contributed by atoms with E-state index in [2.05, 4.69) is 20.2 Å². The molecule has 2 aromatic heterocycles.